The van der Waals surface area contributed by atoms with E-state index in [9.17, 15) is 4.79 Å². The van der Waals surface area contributed by atoms with Gasteiger partial charge in [-0.1, -0.05) is 30.3 Å². The number of carbonyl (C=O) groups is 1. The minimum absolute atomic E-state index is 0.184. The number of rotatable bonds is 3. The number of nitrogens with zero attached hydrogens (tertiary/aromatic N) is 1. The third-order valence-corrected chi connectivity index (χ3v) is 3.86. The lowest BCUT2D eigenvalue weighted by atomic mass is 10.1. The van der Waals surface area contributed by atoms with E-state index in [2.05, 4.69) is 5.32 Å². The molecule has 0 radical (unpaired) electrons. The molecule has 3 rings (SSSR count). The summed E-state index contributed by atoms with van der Waals surface area (Å²) in [5.41, 5.74) is 1.03. The zero-order valence-electron chi connectivity index (χ0n) is 11.0. The zero-order chi connectivity index (χ0) is 13.1. The largest absolute Gasteiger partial charge is 0.445 e. The molecule has 1 aliphatic heterocycles. The van der Waals surface area contributed by atoms with Gasteiger partial charge >= 0.3 is 6.09 Å². The lowest BCUT2D eigenvalue weighted by molar-refractivity contribution is 0.0832. The van der Waals surface area contributed by atoms with Gasteiger partial charge in [-0.2, -0.15) is 0 Å². The van der Waals surface area contributed by atoms with Crippen molar-refractivity contribution in [2.45, 2.75) is 25.5 Å². The summed E-state index contributed by atoms with van der Waals surface area (Å²) in [6.45, 7) is 2.77. The predicted molar refractivity (Wildman–Crippen MR) is 72.7 cm³/mol. The number of benzene rings is 1. The molecule has 4 heteroatoms. The van der Waals surface area contributed by atoms with Gasteiger partial charge in [0, 0.05) is 25.7 Å². The van der Waals surface area contributed by atoms with E-state index < -0.39 is 0 Å². The molecular weight excluding hydrogens is 240 g/mol. The maximum Gasteiger partial charge on any atom is 0.410 e. The van der Waals surface area contributed by atoms with E-state index in [4.69, 9.17) is 4.74 Å². The minimum Gasteiger partial charge on any atom is -0.445 e. The van der Waals surface area contributed by atoms with Crippen molar-refractivity contribution in [1.29, 1.82) is 0 Å². The molecule has 2 fully saturated rings. The summed E-state index contributed by atoms with van der Waals surface area (Å²) in [5, 5.41) is 3.49. The van der Waals surface area contributed by atoms with Crippen LogP contribution in [0.2, 0.25) is 0 Å². The molecule has 1 aromatic carbocycles. The highest BCUT2D eigenvalue weighted by Gasteiger charge is 2.35. The van der Waals surface area contributed by atoms with Crippen molar-refractivity contribution >= 4 is 6.09 Å². The number of nitrogens with one attached hydrogen (secondary N) is 1. The van der Waals surface area contributed by atoms with Gasteiger partial charge in [0.1, 0.15) is 6.61 Å². The normalized spacial score (nSPS) is 23.2. The second-order valence-electron chi connectivity index (χ2n) is 5.38. The Hall–Kier alpha value is -1.55. The van der Waals surface area contributed by atoms with Crippen LogP contribution in [0.15, 0.2) is 30.3 Å². The first kappa shape index (κ1) is 12.5. The van der Waals surface area contributed by atoms with Crippen LogP contribution in [0.5, 0.6) is 0 Å². The lowest BCUT2D eigenvalue weighted by Gasteiger charge is -2.33. The van der Waals surface area contributed by atoms with Gasteiger partial charge in [0.15, 0.2) is 0 Å². The van der Waals surface area contributed by atoms with Crippen molar-refractivity contribution in [3.8, 4) is 0 Å². The quantitative estimate of drug-likeness (QED) is 0.904. The molecule has 102 valence electrons. The highest BCUT2D eigenvalue weighted by Crippen LogP contribution is 2.33. The van der Waals surface area contributed by atoms with Gasteiger partial charge in [0.05, 0.1) is 0 Å². The van der Waals surface area contributed by atoms with Gasteiger partial charge in [-0.25, -0.2) is 4.79 Å². The van der Waals surface area contributed by atoms with Gasteiger partial charge in [0.2, 0.25) is 0 Å². The Bertz CT molecular complexity index is 431. The summed E-state index contributed by atoms with van der Waals surface area (Å²) in [4.78, 5) is 13.9. The summed E-state index contributed by atoms with van der Waals surface area (Å²) in [5.74, 6) is 0.768. The van der Waals surface area contributed by atoms with Crippen LogP contribution >= 0.6 is 0 Å². The maximum absolute atomic E-state index is 12.0. The first-order chi connectivity index (χ1) is 9.33. The van der Waals surface area contributed by atoms with E-state index in [1.165, 1.54) is 12.8 Å². The first-order valence-corrected chi connectivity index (χ1v) is 7.02. The first-order valence-electron chi connectivity index (χ1n) is 7.02. The van der Waals surface area contributed by atoms with Crippen molar-refractivity contribution in [3.05, 3.63) is 35.9 Å². The Morgan fingerprint density at radius 1 is 1.32 bits per heavy atom. The molecule has 0 aromatic heterocycles. The molecule has 0 unspecified atom stereocenters. The smallest absolute Gasteiger partial charge is 0.410 e. The second-order valence-corrected chi connectivity index (χ2v) is 5.38. The lowest BCUT2D eigenvalue weighted by Crippen LogP contribution is -2.53. The van der Waals surface area contributed by atoms with Crippen molar-refractivity contribution in [2.24, 2.45) is 5.92 Å². The van der Waals surface area contributed by atoms with Crippen LogP contribution in [0.25, 0.3) is 0 Å². The number of hydrogen-bond acceptors (Lipinski definition) is 3. The van der Waals surface area contributed by atoms with Gasteiger partial charge < -0.3 is 15.0 Å². The third kappa shape index (κ3) is 3.26. The van der Waals surface area contributed by atoms with Gasteiger partial charge in [-0.3, -0.25) is 0 Å². The number of amides is 1. The third-order valence-electron chi connectivity index (χ3n) is 3.86. The Balaban J connectivity index is 1.49. The van der Waals surface area contributed by atoms with Gasteiger partial charge in [-0.15, -0.1) is 0 Å². The minimum atomic E-state index is -0.184. The molecule has 1 heterocycles. The van der Waals surface area contributed by atoms with E-state index in [-0.39, 0.29) is 6.09 Å². The second kappa shape index (κ2) is 5.61. The van der Waals surface area contributed by atoms with Crippen molar-refractivity contribution in [3.63, 3.8) is 0 Å². The highest BCUT2D eigenvalue weighted by molar-refractivity contribution is 5.67. The fourth-order valence-electron chi connectivity index (χ4n) is 2.57. The number of piperazine rings is 1. The molecule has 1 atom stereocenters. The summed E-state index contributed by atoms with van der Waals surface area (Å²) in [6, 6.07) is 10.3. The van der Waals surface area contributed by atoms with Crippen LogP contribution in [0, 0.1) is 5.92 Å². The Labute approximate surface area is 113 Å². The van der Waals surface area contributed by atoms with Crippen LogP contribution in [-0.2, 0) is 11.3 Å². The SMILES string of the molecule is O=C(OCc1ccccc1)N1CCN[C@@H](C2CC2)C1. The number of ether oxygens (including phenoxy) is 1. The van der Waals surface area contributed by atoms with E-state index in [0.29, 0.717) is 12.6 Å². The summed E-state index contributed by atoms with van der Waals surface area (Å²) in [6.07, 6.45) is 2.41. The molecule has 1 amide bonds. The molecule has 1 aliphatic carbocycles. The van der Waals surface area contributed by atoms with E-state index in [0.717, 1.165) is 31.1 Å². The van der Waals surface area contributed by atoms with Crippen molar-refractivity contribution in [2.75, 3.05) is 19.6 Å². The Morgan fingerprint density at radius 3 is 2.84 bits per heavy atom. The fraction of sp³-hybridized carbons (Fsp3) is 0.533. The topological polar surface area (TPSA) is 41.6 Å². The Kier molecular flexibility index (Phi) is 3.69. The van der Waals surface area contributed by atoms with Gasteiger partial charge in [-0.05, 0) is 24.3 Å². The Morgan fingerprint density at radius 2 is 2.11 bits per heavy atom. The van der Waals surface area contributed by atoms with Crippen LogP contribution in [0.4, 0.5) is 4.79 Å². The van der Waals surface area contributed by atoms with Crippen molar-refractivity contribution in [1.82, 2.24) is 10.2 Å². The van der Waals surface area contributed by atoms with Crippen molar-refractivity contribution < 1.29 is 9.53 Å². The molecule has 1 saturated heterocycles. The van der Waals surface area contributed by atoms with Gasteiger partial charge in [0.25, 0.3) is 0 Å². The molecular formula is C15H20N2O2. The summed E-state index contributed by atoms with van der Waals surface area (Å²) >= 11 is 0. The highest BCUT2D eigenvalue weighted by atomic mass is 16.6. The maximum atomic E-state index is 12.0. The van der Waals surface area contributed by atoms with E-state index in [1.807, 2.05) is 35.2 Å². The molecule has 0 bridgehead atoms. The standard InChI is InChI=1S/C15H20N2O2/c18-15(19-11-12-4-2-1-3-5-12)17-9-8-16-14(10-17)13-6-7-13/h1-5,13-14,16H,6-11H2/t14-/m1/s1. The average Bonchev–Trinajstić information content (AvgIpc) is 3.31. The van der Waals surface area contributed by atoms with Crippen LogP contribution in [0.3, 0.4) is 0 Å². The zero-order valence-corrected chi connectivity index (χ0v) is 11.0. The molecule has 4 nitrogen and oxygen atoms in total. The molecule has 1 aromatic rings. The molecule has 1 saturated carbocycles. The summed E-state index contributed by atoms with van der Waals surface area (Å²) in [7, 11) is 0. The fourth-order valence-corrected chi connectivity index (χ4v) is 2.57. The monoisotopic (exact) mass is 260 g/mol. The average molecular weight is 260 g/mol. The molecule has 1 N–H and O–H groups in total. The van der Waals surface area contributed by atoms with Crippen LogP contribution in [0.1, 0.15) is 18.4 Å². The van der Waals surface area contributed by atoms with E-state index >= 15 is 0 Å². The molecule has 0 spiro atoms. The summed E-state index contributed by atoms with van der Waals surface area (Å²) < 4.78 is 5.38. The molecule has 2 aliphatic rings. The number of carbonyl (C=O) groups excluding carboxylic acids is 1. The number of hydrogen-bond donors (Lipinski definition) is 1. The molecule has 19 heavy (non-hydrogen) atoms. The van der Waals surface area contributed by atoms with Crippen LogP contribution < -0.4 is 5.32 Å². The van der Waals surface area contributed by atoms with Crippen LogP contribution in [-0.4, -0.2) is 36.7 Å². The predicted octanol–water partition coefficient (Wildman–Crippen LogP) is 2.01. The van der Waals surface area contributed by atoms with E-state index in [1.54, 1.807) is 0 Å².